The van der Waals surface area contributed by atoms with Crippen LogP contribution in [0.15, 0.2) is 24.3 Å². The predicted molar refractivity (Wildman–Crippen MR) is 76.4 cm³/mol. The monoisotopic (exact) mass is 244 g/mol. The van der Waals surface area contributed by atoms with E-state index in [2.05, 4.69) is 17.4 Å². The molecular formula is C16H24N2. The number of benzene rings is 1. The van der Waals surface area contributed by atoms with Gasteiger partial charge in [0.2, 0.25) is 0 Å². The molecule has 2 fully saturated rings. The number of nitrogens with two attached hydrogens (primary N) is 1. The summed E-state index contributed by atoms with van der Waals surface area (Å²) in [4.78, 5) is 0. The average Bonchev–Trinajstić information content (AvgIpc) is 3.25. The van der Waals surface area contributed by atoms with Crippen molar-refractivity contribution in [2.45, 2.75) is 44.6 Å². The van der Waals surface area contributed by atoms with E-state index in [4.69, 9.17) is 5.73 Å². The summed E-state index contributed by atoms with van der Waals surface area (Å²) in [6.45, 7) is 1.17. The molecule has 3 N–H and O–H groups in total. The van der Waals surface area contributed by atoms with Crippen LogP contribution in [0.2, 0.25) is 0 Å². The van der Waals surface area contributed by atoms with Crippen molar-refractivity contribution in [1.29, 1.82) is 0 Å². The van der Waals surface area contributed by atoms with E-state index in [1.54, 1.807) is 0 Å². The van der Waals surface area contributed by atoms with Crippen LogP contribution in [0.1, 0.15) is 37.7 Å². The lowest BCUT2D eigenvalue weighted by atomic mass is 10.1. The Kier molecular flexibility index (Phi) is 3.55. The minimum Gasteiger partial charge on any atom is -0.399 e. The molecule has 0 unspecified atom stereocenters. The van der Waals surface area contributed by atoms with Gasteiger partial charge in [-0.1, -0.05) is 12.1 Å². The molecule has 2 aliphatic rings. The molecule has 0 bridgehead atoms. The molecule has 2 aliphatic carbocycles. The van der Waals surface area contributed by atoms with Crippen LogP contribution in [0, 0.1) is 11.8 Å². The molecule has 1 aromatic rings. The topological polar surface area (TPSA) is 38.0 Å². The Hall–Kier alpha value is -1.02. The van der Waals surface area contributed by atoms with Crippen molar-refractivity contribution in [2.24, 2.45) is 11.8 Å². The van der Waals surface area contributed by atoms with Crippen LogP contribution in [0.25, 0.3) is 0 Å². The molecule has 3 rings (SSSR count). The van der Waals surface area contributed by atoms with Crippen LogP contribution in [0.3, 0.4) is 0 Å². The second-order valence-corrected chi connectivity index (χ2v) is 6.00. The normalized spacial score (nSPS) is 19.4. The molecular weight excluding hydrogens is 220 g/mol. The molecule has 0 spiro atoms. The van der Waals surface area contributed by atoms with Crippen molar-refractivity contribution < 1.29 is 0 Å². The Labute approximate surface area is 110 Å². The molecule has 1 aromatic carbocycles. The third-order valence-electron chi connectivity index (χ3n) is 4.26. The van der Waals surface area contributed by atoms with E-state index < -0.39 is 0 Å². The van der Waals surface area contributed by atoms with Crippen molar-refractivity contribution in [2.75, 3.05) is 12.3 Å². The Bertz CT molecular complexity index is 365. The summed E-state index contributed by atoms with van der Waals surface area (Å²) >= 11 is 0. The molecule has 0 heterocycles. The van der Waals surface area contributed by atoms with E-state index in [1.807, 2.05) is 12.1 Å². The van der Waals surface area contributed by atoms with Crippen LogP contribution in [0.5, 0.6) is 0 Å². The highest BCUT2D eigenvalue weighted by Crippen LogP contribution is 2.44. The maximum atomic E-state index is 5.69. The number of nitrogen functional groups attached to an aromatic ring is 1. The van der Waals surface area contributed by atoms with Gasteiger partial charge in [0.15, 0.2) is 0 Å². The van der Waals surface area contributed by atoms with Gasteiger partial charge in [-0.2, -0.15) is 0 Å². The molecule has 0 aliphatic heterocycles. The van der Waals surface area contributed by atoms with Crippen LogP contribution < -0.4 is 11.1 Å². The summed E-state index contributed by atoms with van der Waals surface area (Å²) < 4.78 is 0. The first kappa shape index (κ1) is 12.0. The largest absolute Gasteiger partial charge is 0.399 e. The third-order valence-corrected chi connectivity index (χ3v) is 4.26. The Balaban J connectivity index is 1.37. The summed E-state index contributed by atoms with van der Waals surface area (Å²) in [6.07, 6.45) is 8.26. The maximum absolute atomic E-state index is 5.69. The zero-order chi connectivity index (χ0) is 12.4. The fourth-order valence-electron chi connectivity index (χ4n) is 2.87. The quantitative estimate of drug-likeness (QED) is 0.571. The van der Waals surface area contributed by atoms with Gasteiger partial charge in [0, 0.05) is 11.7 Å². The smallest absolute Gasteiger partial charge is 0.0314 e. The van der Waals surface area contributed by atoms with Crippen molar-refractivity contribution in [3.05, 3.63) is 29.8 Å². The Morgan fingerprint density at radius 2 is 1.67 bits per heavy atom. The first-order valence-corrected chi connectivity index (χ1v) is 7.41. The maximum Gasteiger partial charge on any atom is 0.0314 e. The molecule has 0 aromatic heterocycles. The van der Waals surface area contributed by atoms with Crippen molar-refractivity contribution in [3.63, 3.8) is 0 Å². The highest BCUT2D eigenvalue weighted by Gasteiger charge is 2.40. The minimum atomic E-state index is 0.844. The van der Waals surface area contributed by atoms with Crippen molar-refractivity contribution in [3.8, 4) is 0 Å². The molecule has 18 heavy (non-hydrogen) atoms. The fourth-order valence-corrected chi connectivity index (χ4v) is 2.87. The van der Waals surface area contributed by atoms with Crippen LogP contribution in [-0.4, -0.2) is 12.6 Å². The summed E-state index contributed by atoms with van der Waals surface area (Å²) in [6, 6.07) is 9.14. The number of hydrogen-bond acceptors (Lipinski definition) is 2. The minimum absolute atomic E-state index is 0.844. The van der Waals surface area contributed by atoms with Gasteiger partial charge in [-0.25, -0.2) is 0 Å². The summed E-state index contributed by atoms with van der Waals surface area (Å²) in [7, 11) is 0. The van der Waals surface area contributed by atoms with E-state index >= 15 is 0 Å². The third kappa shape index (κ3) is 3.26. The summed E-state index contributed by atoms with van der Waals surface area (Å²) in [5.74, 6) is 2.02. The number of nitrogens with one attached hydrogen (secondary N) is 1. The van der Waals surface area contributed by atoms with E-state index in [1.165, 1.54) is 44.2 Å². The van der Waals surface area contributed by atoms with Gasteiger partial charge in [0.25, 0.3) is 0 Å². The van der Waals surface area contributed by atoms with Gasteiger partial charge in [-0.15, -0.1) is 0 Å². The fraction of sp³-hybridized carbons (Fsp3) is 0.625. The summed E-state index contributed by atoms with van der Waals surface area (Å²) in [5.41, 5.74) is 7.95. The first-order valence-electron chi connectivity index (χ1n) is 7.41. The molecule has 2 saturated carbocycles. The van der Waals surface area contributed by atoms with Crippen molar-refractivity contribution in [1.82, 2.24) is 5.32 Å². The summed E-state index contributed by atoms with van der Waals surface area (Å²) in [5, 5.41) is 3.80. The van der Waals surface area contributed by atoms with E-state index in [0.29, 0.717) is 0 Å². The zero-order valence-corrected chi connectivity index (χ0v) is 11.1. The highest BCUT2D eigenvalue weighted by atomic mass is 14.9. The molecule has 2 heteroatoms. The molecule has 0 atom stereocenters. The van der Waals surface area contributed by atoms with Crippen LogP contribution >= 0.6 is 0 Å². The average molecular weight is 244 g/mol. The lowest BCUT2D eigenvalue weighted by Crippen LogP contribution is -2.34. The van der Waals surface area contributed by atoms with E-state index in [0.717, 1.165) is 30.0 Å². The predicted octanol–water partition coefficient (Wildman–Crippen LogP) is 2.98. The molecule has 0 saturated heterocycles. The molecule has 98 valence electrons. The second kappa shape index (κ2) is 5.31. The molecule has 0 amide bonds. The standard InChI is InChI=1S/C16H24N2/c17-15-9-3-12(4-10-15)2-1-11-18-16(13-5-6-13)14-7-8-14/h3-4,9-10,13-14,16,18H,1-2,5-8,11,17H2. The van der Waals surface area contributed by atoms with Gasteiger partial charge in [0.05, 0.1) is 0 Å². The van der Waals surface area contributed by atoms with Crippen molar-refractivity contribution >= 4 is 5.69 Å². The van der Waals surface area contributed by atoms with E-state index in [9.17, 15) is 0 Å². The number of aryl methyl sites for hydroxylation is 1. The SMILES string of the molecule is Nc1ccc(CCCNC(C2CC2)C2CC2)cc1. The lowest BCUT2D eigenvalue weighted by Gasteiger charge is -2.17. The van der Waals surface area contributed by atoms with Gasteiger partial charge in [-0.05, 0) is 74.6 Å². The second-order valence-electron chi connectivity index (χ2n) is 6.00. The van der Waals surface area contributed by atoms with Crippen LogP contribution in [0.4, 0.5) is 5.69 Å². The van der Waals surface area contributed by atoms with Gasteiger partial charge in [0.1, 0.15) is 0 Å². The molecule has 2 nitrogen and oxygen atoms in total. The van der Waals surface area contributed by atoms with Crippen LogP contribution in [-0.2, 0) is 6.42 Å². The Morgan fingerprint density at radius 3 is 2.22 bits per heavy atom. The molecule has 0 radical (unpaired) electrons. The van der Waals surface area contributed by atoms with E-state index in [-0.39, 0.29) is 0 Å². The zero-order valence-electron chi connectivity index (χ0n) is 11.1. The van der Waals surface area contributed by atoms with Gasteiger partial charge >= 0.3 is 0 Å². The van der Waals surface area contributed by atoms with Gasteiger partial charge < -0.3 is 11.1 Å². The first-order chi connectivity index (χ1) is 8.83. The van der Waals surface area contributed by atoms with Gasteiger partial charge in [-0.3, -0.25) is 0 Å². The Morgan fingerprint density at radius 1 is 1.06 bits per heavy atom. The number of anilines is 1. The highest BCUT2D eigenvalue weighted by molar-refractivity contribution is 5.39. The number of hydrogen-bond donors (Lipinski definition) is 2. The number of rotatable bonds is 7. The lowest BCUT2D eigenvalue weighted by molar-refractivity contribution is 0.414.